The maximum Gasteiger partial charge on any atom is 0.402 e. The fraction of sp³-hybridized carbons (Fsp3) is 0.444. The zero-order valence-electron chi connectivity index (χ0n) is 22.3. The number of hydrogen-bond donors (Lipinski definition) is 10. The molecular formula is C27H31ClO15. The third-order valence-electron chi connectivity index (χ3n) is 7.20. The highest BCUT2D eigenvalue weighted by Crippen LogP contribution is 2.42. The Bertz CT molecular complexity index is 1440. The van der Waals surface area contributed by atoms with E-state index in [1.54, 1.807) is 0 Å². The van der Waals surface area contributed by atoms with Crippen LogP contribution in [-0.2, 0) is 14.2 Å². The van der Waals surface area contributed by atoms with Crippen LogP contribution in [0, 0.1) is 0 Å². The van der Waals surface area contributed by atoms with Gasteiger partial charge in [0, 0.05) is 18.2 Å². The van der Waals surface area contributed by atoms with Crippen LogP contribution in [0.25, 0.3) is 22.3 Å². The minimum absolute atomic E-state index is 0. The van der Waals surface area contributed by atoms with Crippen LogP contribution in [0.15, 0.2) is 40.8 Å². The Morgan fingerprint density at radius 2 is 1.40 bits per heavy atom. The van der Waals surface area contributed by atoms with Crippen LogP contribution in [0.3, 0.4) is 0 Å². The molecule has 0 spiro atoms. The Labute approximate surface area is 249 Å². The summed E-state index contributed by atoms with van der Waals surface area (Å²) < 4.78 is 28.3. The molecule has 15 nitrogen and oxygen atoms in total. The molecule has 2 aliphatic rings. The molecule has 1 unspecified atom stereocenters. The Balaban J connectivity index is 0.00000423. The largest absolute Gasteiger partial charge is 1.00 e. The molecule has 3 aromatic rings. The number of aromatic hydroxyl groups is 4. The van der Waals surface area contributed by atoms with Crippen molar-refractivity contribution in [2.75, 3.05) is 6.61 Å². The van der Waals surface area contributed by atoms with Gasteiger partial charge in [0.05, 0.1) is 24.3 Å². The number of benzene rings is 2. The smallest absolute Gasteiger partial charge is 0.402 e. The number of fused-ring (bicyclic) bond motifs is 1. The molecule has 5 rings (SSSR count). The van der Waals surface area contributed by atoms with Crippen molar-refractivity contribution in [1.82, 2.24) is 0 Å². The average Bonchev–Trinajstić information content (AvgIpc) is 2.95. The van der Waals surface area contributed by atoms with Crippen molar-refractivity contribution in [2.45, 2.75) is 68.3 Å². The van der Waals surface area contributed by atoms with Crippen molar-refractivity contribution in [3.8, 4) is 40.1 Å². The van der Waals surface area contributed by atoms with Gasteiger partial charge in [0.1, 0.15) is 59.6 Å². The third kappa shape index (κ3) is 6.37. The number of aliphatic hydroxyl groups is 6. The van der Waals surface area contributed by atoms with Crippen LogP contribution in [-0.4, -0.2) is 119 Å². The molecule has 3 heterocycles. The summed E-state index contributed by atoms with van der Waals surface area (Å²) in [4.78, 5) is 0. The second kappa shape index (κ2) is 12.8. The topological polar surface area (TPSA) is 251 Å². The summed E-state index contributed by atoms with van der Waals surface area (Å²) in [5.41, 5.74) is 0.163. The maximum absolute atomic E-state index is 10.7. The quantitative estimate of drug-likeness (QED) is 0.0927. The molecule has 0 bridgehead atoms. The molecule has 10 atom stereocenters. The van der Waals surface area contributed by atoms with Gasteiger partial charge in [-0.1, -0.05) is 0 Å². The van der Waals surface area contributed by atoms with E-state index in [0.29, 0.717) is 0 Å². The summed E-state index contributed by atoms with van der Waals surface area (Å²) in [6.07, 6.45) is -15.3. The van der Waals surface area contributed by atoms with E-state index in [2.05, 4.69) is 0 Å². The lowest BCUT2D eigenvalue weighted by Gasteiger charge is -2.42. The summed E-state index contributed by atoms with van der Waals surface area (Å²) in [6.45, 7) is 0.925. The van der Waals surface area contributed by atoms with Crippen molar-refractivity contribution in [2.24, 2.45) is 0 Å². The first-order valence-electron chi connectivity index (χ1n) is 12.9. The summed E-state index contributed by atoms with van der Waals surface area (Å²) in [7, 11) is 0. The zero-order valence-corrected chi connectivity index (χ0v) is 23.1. The minimum Gasteiger partial charge on any atom is -1.00 e. The lowest BCUT2D eigenvalue weighted by atomic mass is 9.98. The highest BCUT2D eigenvalue weighted by atomic mass is 35.5. The molecule has 1 aromatic heterocycles. The average molecular weight is 631 g/mol. The number of aliphatic hydroxyl groups excluding tert-OH is 6. The zero-order chi connectivity index (χ0) is 30.5. The van der Waals surface area contributed by atoms with Gasteiger partial charge < -0.3 is 82.4 Å². The lowest BCUT2D eigenvalue weighted by Crippen LogP contribution is -3.00. The molecule has 10 N–H and O–H groups in total. The van der Waals surface area contributed by atoms with E-state index in [1.807, 2.05) is 0 Å². The van der Waals surface area contributed by atoms with E-state index in [9.17, 15) is 51.1 Å². The van der Waals surface area contributed by atoms with Crippen molar-refractivity contribution < 1.29 is 86.8 Å². The molecule has 2 saturated heterocycles. The second-order valence-corrected chi connectivity index (χ2v) is 10.2. The lowest BCUT2D eigenvalue weighted by molar-refractivity contribution is -0.318. The highest BCUT2D eigenvalue weighted by molar-refractivity contribution is 5.88. The number of halogens is 1. The molecule has 236 valence electrons. The van der Waals surface area contributed by atoms with E-state index in [4.69, 9.17) is 23.4 Å². The standard InChI is InChI=1S/C27H30O15.ClH/c1-9-19(32)21(34)23(36)26(39-9)38-8-18-20(33)22(35)24(37)27(42-18)41-17-7-12-14(30)5-11(28)6-16(12)40-25(17)10-2-3-13(29)15(31)4-10;/h2-7,9,18-24,26-27,32-37H,8H2,1H3,(H3-,28,29,30,31);1H/t9-,18+,19-,20+,21+,22-,23+,24+,26+,27?;/m0./s1. The minimum atomic E-state index is -1.82. The third-order valence-corrected chi connectivity index (χ3v) is 7.20. The Kier molecular flexibility index (Phi) is 9.72. The highest BCUT2D eigenvalue weighted by Gasteiger charge is 2.48. The van der Waals surface area contributed by atoms with Gasteiger partial charge in [-0.2, -0.15) is 0 Å². The summed E-state index contributed by atoms with van der Waals surface area (Å²) in [5, 5.41) is 102. The van der Waals surface area contributed by atoms with Crippen LogP contribution in [0.2, 0.25) is 0 Å². The van der Waals surface area contributed by atoms with E-state index >= 15 is 0 Å². The summed E-state index contributed by atoms with van der Waals surface area (Å²) in [5.74, 6) is -1.92. The van der Waals surface area contributed by atoms with Crippen LogP contribution in [0.1, 0.15) is 6.92 Å². The molecular weight excluding hydrogens is 600 g/mol. The first-order chi connectivity index (χ1) is 19.8. The van der Waals surface area contributed by atoms with Gasteiger partial charge in [-0.3, -0.25) is 0 Å². The SMILES string of the molecule is C[C@@H]1O[C@@H](OC[C@H]2OC(Oc3cc4c(O)cc(O)cc4[o+]c3-c3ccc(O)c(O)c3)[C@H](O)[C@@H](O)[C@@H]2O)[C@H](O)[C@H](O)[C@H]1O.[Cl-]. The second-order valence-electron chi connectivity index (χ2n) is 10.2. The number of hydrogen-bond acceptors (Lipinski definition) is 14. The van der Waals surface area contributed by atoms with E-state index in [1.165, 1.54) is 31.2 Å². The Morgan fingerprint density at radius 1 is 0.721 bits per heavy atom. The van der Waals surface area contributed by atoms with Crippen LogP contribution in [0.4, 0.5) is 0 Å². The molecule has 0 aliphatic carbocycles. The molecule has 43 heavy (non-hydrogen) atoms. The van der Waals surface area contributed by atoms with Crippen LogP contribution in [0.5, 0.6) is 28.7 Å². The predicted octanol–water partition coefficient (Wildman–Crippen LogP) is -3.76. The molecule has 2 aliphatic heterocycles. The molecule has 16 heteroatoms. The Morgan fingerprint density at radius 3 is 2.09 bits per heavy atom. The fourth-order valence-electron chi connectivity index (χ4n) is 4.76. The summed E-state index contributed by atoms with van der Waals surface area (Å²) in [6, 6.07) is 7.22. The number of phenols is 4. The fourth-order valence-corrected chi connectivity index (χ4v) is 4.76. The monoisotopic (exact) mass is 630 g/mol. The normalized spacial score (nSPS) is 32.7. The predicted molar refractivity (Wildman–Crippen MR) is 138 cm³/mol. The van der Waals surface area contributed by atoms with Gasteiger partial charge in [0.2, 0.25) is 12.0 Å². The van der Waals surface area contributed by atoms with Gasteiger partial charge in [-0.05, 0) is 19.1 Å². The van der Waals surface area contributed by atoms with Crippen molar-refractivity contribution in [3.05, 3.63) is 36.4 Å². The van der Waals surface area contributed by atoms with Crippen molar-refractivity contribution in [3.63, 3.8) is 0 Å². The molecule has 2 fully saturated rings. The van der Waals surface area contributed by atoms with Crippen molar-refractivity contribution >= 4 is 11.0 Å². The number of rotatable bonds is 6. The molecule has 2 aromatic carbocycles. The van der Waals surface area contributed by atoms with Gasteiger partial charge in [0.15, 0.2) is 17.8 Å². The van der Waals surface area contributed by atoms with Crippen LogP contribution >= 0.6 is 0 Å². The van der Waals surface area contributed by atoms with E-state index in [0.717, 1.165) is 12.1 Å². The number of ether oxygens (including phenoxy) is 4. The Hall–Kier alpha value is -3.22. The first kappa shape index (κ1) is 32.7. The van der Waals surface area contributed by atoms with Crippen LogP contribution < -0.4 is 17.1 Å². The number of phenolic OH excluding ortho intramolecular Hbond substituents is 4. The van der Waals surface area contributed by atoms with Gasteiger partial charge in [-0.25, -0.2) is 4.42 Å². The molecule has 0 saturated carbocycles. The maximum atomic E-state index is 10.7. The van der Waals surface area contributed by atoms with E-state index in [-0.39, 0.29) is 46.2 Å². The van der Waals surface area contributed by atoms with Gasteiger partial charge in [0.25, 0.3) is 0 Å². The van der Waals surface area contributed by atoms with E-state index < -0.39 is 85.3 Å². The molecule has 0 radical (unpaired) electrons. The summed E-state index contributed by atoms with van der Waals surface area (Å²) >= 11 is 0. The van der Waals surface area contributed by atoms with Gasteiger partial charge >= 0.3 is 11.3 Å². The molecule has 0 amide bonds. The first-order valence-corrected chi connectivity index (χ1v) is 12.9. The van der Waals surface area contributed by atoms with Crippen molar-refractivity contribution in [1.29, 1.82) is 0 Å². The van der Waals surface area contributed by atoms with Gasteiger partial charge in [-0.15, -0.1) is 0 Å².